The van der Waals surface area contributed by atoms with Gasteiger partial charge in [0.25, 0.3) is 0 Å². The van der Waals surface area contributed by atoms with Crippen LogP contribution < -0.4 is 0 Å². The van der Waals surface area contributed by atoms with Gasteiger partial charge in [-0.3, -0.25) is 0 Å². The summed E-state index contributed by atoms with van der Waals surface area (Å²) in [7, 11) is 0. The van der Waals surface area contributed by atoms with Crippen molar-refractivity contribution in [2.45, 2.75) is 10.7 Å². The number of halogens is 1. The van der Waals surface area contributed by atoms with Crippen molar-refractivity contribution in [3.8, 4) is 0 Å². The normalized spacial score (nSPS) is 12.3. The Hall–Kier alpha value is -1.86. The Morgan fingerprint density at radius 1 is 0.476 bits per heavy atom. The summed E-state index contributed by atoms with van der Waals surface area (Å²) in [5, 5.41) is 0. The van der Waals surface area contributed by atoms with Gasteiger partial charge in [0, 0.05) is 5.92 Å². The predicted molar refractivity (Wildman–Crippen MR) is 92.8 cm³/mol. The molecule has 0 aromatic heterocycles. The number of rotatable bonds is 4. The molecule has 0 aliphatic carbocycles. The molecule has 0 N–H and O–H groups in total. The second-order valence-corrected chi connectivity index (χ2v) is 6.10. The third-order valence-electron chi connectivity index (χ3n) is 3.73. The van der Waals surface area contributed by atoms with E-state index in [1.165, 1.54) is 16.7 Å². The van der Waals surface area contributed by atoms with Crippen LogP contribution in [0, 0.1) is 0 Å². The zero-order chi connectivity index (χ0) is 14.5. The molecule has 104 valence electrons. The van der Waals surface area contributed by atoms with E-state index < -0.39 is 0 Å². The van der Waals surface area contributed by atoms with Crippen LogP contribution in [0.25, 0.3) is 0 Å². The Kier molecular flexibility index (Phi) is 4.52. The lowest BCUT2D eigenvalue weighted by molar-refractivity contribution is 0.797. The fraction of sp³-hybridized carbons (Fsp3) is 0.100. The van der Waals surface area contributed by atoms with Gasteiger partial charge in [-0.1, -0.05) is 107 Å². The van der Waals surface area contributed by atoms with E-state index in [1.807, 2.05) is 0 Å². The van der Waals surface area contributed by atoms with E-state index in [9.17, 15) is 0 Å². The van der Waals surface area contributed by atoms with Gasteiger partial charge in [-0.2, -0.15) is 0 Å². The first-order valence-electron chi connectivity index (χ1n) is 7.15. The molecule has 0 aliphatic rings. The highest BCUT2D eigenvalue weighted by atomic mass is 79.9. The molecule has 1 unspecified atom stereocenters. The van der Waals surface area contributed by atoms with Crippen LogP contribution in [0.4, 0.5) is 0 Å². The van der Waals surface area contributed by atoms with E-state index in [2.05, 4.69) is 107 Å². The van der Waals surface area contributed by atoms with Crippen molar-refractivity contribution in [2.75, 3.05) is 0 Å². The molecule has 1 atom stereocenters. The maximum Gasteiger partial charge on any atom is 0.0504 e. The summed E-state index contributed by atoms with van der Waals surface area (Å²) in [5.74, 6) is 0.301. The molecule has 0 radical (unpaired) electrons. The van der Waals surface area contributed by atoms with Crippen LogP contribution in [0.5, 0.6) is 0 Å². The van der Waals surface area contributed by atoms with Crippen molar-refractivity contribution < 1.29 is 0 Å². The van der Waals surface area contributed by atoms with Gasteiger partial charge < -0.3 is 0 Å². The fourth-order valence-electron chi connectivity index (χ4n) is 2.68. The summed E-state index contributed by atoms with van der Waals surface area (Å²) in [6.07, 6.45) is 0. The van der Waals surface area contributed by atoms with Crippen molar-refractivity contribution in [1.29, 1.82) is 0 Å². The van der Waals surface area contributed by atoms with Crippen LogP contribution in [0.3, 0.4) is 0 Å². The number of alkyl halides is 1. The molecule has 0 saturated heterocycles. The standard InChI is InChI=1S/C20H17Br/c21-20(18-14-8-3-9-15-18)19(16-10-4-1-5-11-16)17-12-6-2-7-13-17/h1-15,19-20H. The molecule has 0 bridgehead atoms. The first-order valence-corrected chi connectivity index (χ1v) is 8.07. The summed E-state index contributed by atoms with van der Waals surface area (Å²) in [6, 6.07) is 32.0. The van der Waals surface area contributed by atoms with Gasteiger partial charge in [-0.25, -0.2) is 0 Å². The molecular weight excluding hydrogens is 320 g/mol. The molecule has 0 saturated carbocycles. The highest BCUT2D eigenvalue weighted by Crippen LogP contribution is 2.42. The Balaban J connectivity index is 2.05. The third-order valence-corrected chi connectivity index (χ3v) is 4.79. The summed E-state index contributed by atoms with van der Waals surface area (Å²) >= 11 is 3.93. The van der Waals surface area contributed by atoms with Crippen molar-refractivity contribution >= 4 is 15.9 Å². The predicted octanol–water partition coefficient (Wildman–Crippen LogP) is 5.95. The van der Waals surface area contributed by atoms with Gasteiger partial charge in [0.05, 0.1) is 4.83 Å². The Morgan fingerprint density at radius 3 is 1.19 bits per heavy atom. The minimum absolute atomic E-state index is 0.253. The lowest BCUT2D eigenvalue weighted by Gasteiger charge is -2.24. The number of hydrogen-bond donors (Lipinski definition) is 0. The first-order chi connectivity index (χ1) is 10.4. The fourth-order valence-corrected chi connectivity index (χ4v) is 3.60. The molecule has 0 amide bonds. The van der Waals surface area contributed by atoms with Crippen molar-refractivity contribution in [1.82, 2.24) is 0 Å². The van der Waals surface area contributed by atoms with Crippen LogP contribution in [0.1, 0.15) is 27.4 Å². The number of benzene rings is 3. The van der Waals surface area contributed by atoms with Crippen LogP contribution in [0.2, 0.25) is 0 Å². The number of hydrogen-bond acceptors (Lipinski definition) is 0. The second-order valence-electron chi connectivity index (χ2n) is 5.11. The van der Waals surface area contributed by atoms with Crippen molar-refractivity contribution in [2.24, 2.45) is 0 Å². The van der Waals surface area contributed by atoms with E-state index >= 15 is 0 Å². The SMILES string of the molecule is BrC(c1ccccc1)C(c1ccccc1)c1ccccc1. The largest absolute Gasteiger partial charge is 0.0828 e. The molecular formula is C20H17Br. The quantitative estimate of drug-likeness (QED) is 0.516. The van der Waals surface area contributed by atoms with Gasteiger partial charge in [-0.05, 0) is 16.7 Å². The topological polar surface area (TPSA) is 0 Å². The van der Waals surface area contributed by atoms with Crippen LogP contribution >= 0.6 is 15.9 Å². The van der Waals surface area contributed by atoms with Crippen LogP contribution in [-0.4, -0.2) is 0 Å². The average molecular weight is 337 g/mol. The zero-order valence-electron chi connectivity index (χ0n) is 11.7. The Morgan fingerprint density at radius 2 is 0.810 bits per heavy atom. The second kappa shape index (κ2) is 6.73. The lowest BCUT2D eigenvalue weighted by Crippen LogP contribution is -2.08. The van der Waals surface area contributed by atoms with Crippen molar-refractivity contribution in [3.63, 3.8) is 0 Å². The Labute approximate surface area is 134 Å². The third kappa shape index (κ3) is 3.25. The summed E-state index contributed by atoms with van der Waals surface area (Å²) in [5.41, 5.74) is 3.96. The maximum atomic E-state index is 3.93. The summed E-state index contributed by atoms with van der Waals surface area (Å²) < 4.78 is 0. The van der Waals surface area contributed by atoms with E-state index in [0.717, 1.165) is 0 Å². The maximum absolute atomic E-state index is 3.93. The molecule has 21 heavy (non-hydrogen) atoms. The zero-order valence-corrected chi connectivity index (χ0v) is 13.3. The molecule has 0 heterocycles. The lowest BCUT2D eigenvalue weighted by atomic mass is 9.86. The molecule has 1 heteroatoms. The van der Waals surface area contributed by atoms with E-state index in [4.69, 9.17) is 0 Å². The Bertz CT molecular complexity index is 622. The van der Waals surface area contributed by atoms with Crippen LogP contribution in [0.15, 0.2) is 91.0 Å². The van der Waals surface area contributed by atoms with Crippen molar-refractivity contribution in [3.05, 3.63) is 108 Å². The molecule has 0 nitrogen and oxygen atoms in total. The molecule has 0 fully saturated rings. The van der Waals surface area contributed by atoms with E-state index in [1.54, 1.807) is 0 Å². The van der Waals surface area contributed by atoms with Gasteiger partial charge in [0.1, 0.15) is 0 Å². The first kappa shape index (κ1) is 14.1. The summed E-state index contributed by atoms with van der Waals surface area (Å²) in [4.78, 5) is 0.253. The average Bonchev–Trinajstić information content (AvgIpc) is 2.58. The highest BCUT2D eigenvalue weighted by Gasteiger charge is 2.23. The smallest absolute Gasteiger partial charge is 0.0504 e. The molecule has 0 spiro atoms. The minimum Gasteiger partial charge on any atom is -0.0828 e. The van der Waals surface area contributed by atoms with E-state index in [-0.39, 0.29) is 4.83 Å². The molecule has 3 aromatic rings. The van der Waals surface area contributed by atoms with Crippen LogP contribution in [-0.2, 0) is 0 Å². The van der Waals surface area contributed by atoms with Gasteiger partial charge >= 0.3 is 0 Å². The summed E-state index contributed by atoms with van der Waals surface area (Å²) in [6.45, 7) is 0. The minimum atomic E-state index is 0.253. The monoisotopic (exact) mass is 336 g/mol. The van der Waals surface area contributed by atoms with Gasteiger partial charge in [0.15, 0.2) is 0 Å². The molecule has 3 aromatic carbocycles. The highest BCUT2D eigenvalue weighted by molar-refractivity contribution is 9.09. The van der Waals surface area contributed by atoms with Gasteiger partial charge in [0.2, 0.25) is 0 Å². The molecule has 3 rings (SSSR count). The van der Waals surface area contributed by atoms with E-state index in [0.29, 0.717) is 5.92 Å². The molecule has 0 aliphatic heterocycles. The van der Waals surface area contributed by atoms with Gasteiger partial charge in [-0.15, -0.1) is 0 Å².